The van der Waals surface area contributed by atoms with E-state index in [1.807, 2.05) is 37.3 Å². The third kappa shape index (κ3) is 3.77. The van der Waals surface area contributed by atoms with Crippen molar-refractivity contribution < 1.29 is 9.53 Å². The standard InChI is InChI=1S/C24H26N6O2/c1-16-22-19(14-17(15-20(22)31)18-6-3-4-7-21(18)32-2)28-24(27-16)30-12-10-29(11-13-30)23-25-8-5-9-26-23/h3-9,17H,10-15H2,1-2H3/t17-/m1/s1. The molecule has 0 spiro atoms. The lowest BCUT2D eigenvalue weighted by molar-refractivity contribution is 0.0961. The quantitative estimate of drug-likeness (QED) is 0.625. The van der Waals surface area contributed by atoms with Gasteiger partial charge in [-0.15, -0.1) is 0 Å². The summed E-state index contributed by atoms with van der Waals surface area (Å²) < 4.78 is 5.54. The van der Waals surface area contributed by atoms with Crippen LogP contribution < -0.4 is 14.5 Å². The lowest BCUT2D eigenvalue weighted by Gasteiger charge is -2.35. The van der Waals surface area contributed by atoms with Gasteiger partial charge in [0.1, 0.15) is 5.75 Å². The van der Waals surface area contributed by atoms with Crippen LogP contribution in [0.25, 0.3) is 0 Å². The van der Waals surface area contributed by atoms with Crippen LogP contribution in [0.15, 0.2) is 42.7 Å². The smallest absolute Gasteiger partial charge is 0.225 e. The van der Waals surface area contributed by atoms with E-state index in [9.17, 15) is 4.79 Å². The van der Waals surface area contributed by atoms with Crippen molar-refractivity contribution in [1.82, 2.24) is 19.9 Å². The van der Waals surface area contributed by atoms with E-state index >= 15 is 0 Å². The lowest BCUT2D eigenvalue weighted by atomic mass is 9.81. The molecule has 2 aromatic heterocycles. The molecular formula is C24H26N6O2. The summed E-state index contributed by atoms with van der Waals surface area (Å²) in [7, 11) is 1.67. The molecule has 0 amide bonds. The maximum absolute atomic E-state index is 13.0. The molecule has 8 heteroatoms. The molecule has 0 saturated carbocycles. The molecule has 1 saturated heterocycles. The predicted molar refractivity (Wildman–Crippen MR) is 122 cm³/mol. The summed E-state index contributed by atoms with van der Waals surface area (Å²) in [5, 5.41) is 0. The molecule has 8 nitrogen and oxygen atoms in total. The molecule has 1 aliphatic heterocycles. The number of carbonyl (C=O) groups is 1. The monoisotopic (exact) mass is 430 g/mol. The van der Waals surface area contributed by atoms with E-state index in [1.165, 1.54) is 0 Å². The first-order chi connectivity index (χ1) is 15.6. The van der Waals surface area contributed by atoms with Crippen molar-refractivity contribution >= 4 is 17.7 Å². The second kappa shape index (κ2) is 8.53. The Bertz CT molecular complexity index is 1130. The van der Waals surface area contributed by atoms with Gasteiger partial charge in [0.15, 0.2) is 5.78 Å². The normalized spacial score (nSPS) is 18.4. The molecule has 1 aliphatic carbocycles. The minimum atomic E-state index is 0.0559. The van der Waals surface area contributed by atoms with Gasteiger partial charge in [0.25, 0.3) is 0 Å². The molecule has 2 aliphatic rings. The Balaban J connectivity index is 1.38. The van der Waals surface area contributed by atoms with Crippen LogP contribution in [0.5, 0.6) is 5.75 Å². The first-order valence-corrected chi connectivity index (χ1v) is 10.9. The Hall–Kier alpha value is -3.55. The number of aryl methyl sites for hydroxylation is 1. The fourth-order valence-electron chi connectivity index (χ4n) is 4.68. The molecule has 0 bridgehead atoms. The summed E-state index contributed by atoms with van der Waals surface area (Å²) in [6.45, 7) is 5.07. The molecule has 164 valence electrons. The van der Waals surface area contributed by atoms with Crippen LogP contribution in [0.3, 0.4) is 0 Å². The molecule has 1 fully saturated rings. The van der Waals surface area contributed by atoms with Crippen LogP contribution in [0.2, 0.25) is 0 Å². The first-order valence-electron chi connectivity index (χ1n) is 10.9. The van der Waals surface area contributed by atoms with Crippen molar-refractivity contribution in [1.29, 1.82) is 0 Å². The first kappa shape index (κ1) is 20.4. The summed E-state index contributed by atoms with van der Waals surface area (Å²) in [6, 6.07) is 9.75. The van der Waals surface area contributed by atoms with Gasteiger partial charge < -0.3 is 14.5 Å². The maximum atomic E-state index is 13.0. The highest BCUT2D eigenvalue weighted by Crippen LogP contribution is 2.37. The van der Waals surface area contributed by atoms with Crippen LogP contribution in [-0.4, -0.2) is 59.0 Å². The van der Waals surface area contributed by atoms with Gasteiger partial charge in [0.05, 0.1) is 24.1 Å². The summed E-state index contributed by atoms with van der Waals surface area (Å²) >= 11 is 0. The number of para-hydroxylation sites is 1. The zero-order chi connectivity index (χ0) is 22.1. The maximum Gasteiger partial charge on any atom is 0.225 e. The van der Waals surface area contributed by atoms with Gasteiger partial charge in [0.2, 0.25) is 11.9 Å². The van der Waals surface area contributed by atoms with Crippen molar-refractivity contribution in [3.8, 4) is 5.75 Å². The Morgan fingerprint density at radius 1 is 0.906 bits per heavy atom. The Morgan fingerprint density at radius 3 is 2.31 bits per heavy atom. The molecule has 0 radical (unpaired) electrons. The van der Waals surface area contributed by atoms with Crippen molar-refractivity contribution in [3.63, 3.8) is 0 Å². The Labute approximate surface area is 187 Å². The number of piperazine rings is 1. The van der Waals surface area contributed by atoms with E-state index in [1.54, 1.807) is 19.5 Å². The zero-order valence-electron chi connectivity index (χ0n) is 18.4. The third-order valence-electron chi connectivity index (χ3n) is 6.28. The van der Waals surface area contributed by atoms with Gasteiger partial charge in [-0.1, -0.05) is 18.2 Å². The number of hydrogen-bond acceptors (Lipinski definition) is 8. The van der Waals surface area contributed by atoms with Gasteiger partial charge in [-0.3, -0.25) is 4.79 Å². The second-order valence-corrected chi connectivity index (χ2v) is 8.22. The molecule has 3 aromatic rings. The fourth-order valence-corrected chi connectivity index (χ4v) is 4.68. The van der Waals surface area contributed by atoms with Crippen LogP contribution in [0.1, 0.15) is 39.6 Å². The highest BCUT2D eigenvalue weighted by atomic mass is 16.5. The Kier molecular flexibility index (Phi) is 5.43. The van der Waals surface area contributed by atoms with Crippen LogP contribution in [0.4, 0.5) is 11.9 Å². The summed E-state index contributed by atoms with van der Waals surface area (Å²) in [6.07, 6.45) is 4.68. The van der Waals surface area contributed by atoms with Gasteiger partial charge in [-0.25, -0.2) is 19.9 Å². The fraction of sp³-hybridized carbons (Fsp3) is 0.375. The Morgan fingerprint density at radius 2 is 1.59 bits per heavy atom. The van der Waals surface area contributed by atoms with E-state index in [4.69, 9.17) is 14.7 Å². The minimum Gasteiger partial charge on any atom is -0.496 e. The summed E-state index contributed by atoms with van der Waals surface area (Å²) in [4.78, 5) is 35.7. The van der Waals surface area contributed by atoms with Crippen LogP contribution >= 0.6 is 0 Å². The molecule has 1 atom stereocenters. The lowest BCUT2D eigenvalue weighted by Crippen LogP contribution is -2.48. The van der Waals surface area contributed by atoms with E-state index in [0.717, 1.165) is 54.8 Å². The summed E-state index contributed by atoms with van der Waals surface area (Å²) in [5.74, 6) is 2.43. The van der Waals surface area contributed by atoms with E-state index in [0.29, 0.717) is 24.4 Å². The number of rotatable bonds is 4. The van der Waals surface area contributed by atoms with Gasteiger partial charge in [0, 0.05) is 50.9 Å². The number of ketones is 1. The van der Waals surface area contributed by atoms with E-state index < -0.39 is 0 Å². The number of ether oxygens (including phenoxy) is 1. The highest BCUT2D eigenvalue weighted by Gasteiger charge is 2.32. The number of methoxy groups -OCH3 is 1. The van der Waals surface area contributed by atoms with Crippen LogP contribution in [0, 0.1) is 6.92 Å². The number of carbonyl (C=O) groups excluding carboxylic acids is 1. The highest BCUT2D eigenvalue weighted by molar-refractivity contribution is 5.99. The third-order valence-corrected chi connectivity index (χ3v) is 6.28. The number of Topliss-reactive ketones (excluding diaryl/α,β-unsaturated/α-hetero) is 1. The van der Waals surface area contributed by atoms with Crippen molar-refractivity contribution in [3.05, 3.63) is 65.2 Å². The number of nitrogens with zero attached hydrogens (tertiary/aromatic N) is 6. The largest absolute Gasteiger partial charge is 0.496 e. The second-order valence-electron chi connectivity index (χ2n) is 8.22. The number of aromatic nitrogens is 4. The average molecular weight is 431 g/mol. The average Bonchev–Trinajstić information content (AvgIpc) is 2.84. The van der Waals surface area contributed by atoms with Gasteiger partial charge in [-0.05, 0) is 31.0 Å². The SMILES string of the molecule is COc1ccccc1[C@H]1CC(=O)c2c(C)nc(N3CCN(c4ncccn4)CC3)nc2C1. The van der Waals surface area contributed by atoms with E-state index in [2.05, 4.69) is 19.8 Å². The van der Waals surface area contributed by atoms with E-state index in [-0.39, 0.29) is 11.7 Å². The zero-order valence-corrected chi connectivity index (χ0v) is 18.4. The molecule has 1 aromatic carbocycles. The van der Waals surface area contributed by atoms with Crippen molar-refractivity contribution in [2.75, 3.05) is 43.1 Å². The number of hydrogen-bond donors (Lipinski definition) is 0. The van der Waals surface area contributed by atoms with Crippen molar-refractivity contribution in [2.24, 2.45) is 0 Å². The molecule has 3 heterocycles. The molecular weight excluding hydrogens is 404 g/mol. The summed E-state index contributed by atoms with van der Waals surface area (Å²) in [5.41, 5.74) is 3.36. The molecule has 0 N–H and O–H groups in total. The number of benzene rings is 1. The van der Waals surface area contributed by atoms with Crippen molar-refractivity contribution in [2.45, 2.75) is 25.7 Å². The number of fused-ring (bicyclic) bond motifs is 1. The molecule has 32 heavy (non-hydrogen) atoms. The van der Waals surface area contributed by atoms with Gasteiger partial charge >= 0.3 is 0 Å². The van der Waals surface area contributed by atoms with Gasteiger partial charge in [-0.2, -0.15) is 0 Å². The topological polar surface area (TPSA) is 84.3 Å². The molecule has 5 rings (SSSR count). The predicted octanol–water partition coefficient (Wildman–Crippen LogP) is 2.82. The van der Waals surface area contributed by atoms with Crippen LogP contribution in [-0.2, 0) is 6.42 Å². The molecule has 0 unspecified atom stereocenters. The minimum absolute atomic E-state index is 0.0559. The number of anilines is 2.